The minimum Gasteiger partial charge on any atom is -0.381 e. The van der Waals surface area contributed by atoms with E-state index in [4.69, 9.17) is 19.7 Å². The Morgan fingerprint density at radius 3 is 2.57 bits per heavy atom. The second-order valence-corrected chi connectivity index (χ2v) is 11.6. The highest BCUT2D eigenvalue weighted by molar-refractivity contribution is 5.94. The van der Waals surface area contributed by atoms with E-state index in [1.165, 1.54) is 12.0 Å². The first-order valence-corrected chi connectivity index (χ1v) is 14.4. The van der Waals surface area contributed by atoms with Crippen LogP contribution < -0.4 is 10.6 Å². The Morgan fingerprint density at radius 2 is 1.71 bits per heavy atom. The monoisotopic (exact) mass is 553 g/mol. The topological polar surface area (TPSA) is 101 Å². The highest BCUT2D eigenvalue weighted by atomic mass is 16.5. The number of H-pyrrole nitrogens is 1. The molecular weight excluding hydrogens is 522 g/mol. The molecule has 0 amide bonds. The summed E-state index contributed by atoms with van der Waals surface area (Å²) in [6.07, 6.45) is 5.98. The van der Waals surface area contributed by atoms with Crippen molar-refractivity contribution in [1.82, 2.24) is 24.9 Å². The second kappa shape index (κ2) is 9.63. The lowest BCUT2D eigenvalue weighted by atomic mass is 9.88. The van der Waals surface area contributed by atoms with Crippen LogP contribution in [0.5, 0.6) is 0 Å². The summed E-state index contributed by atoms with van der Waals surface area (Å²) < 4.78 is 5.72. The van der Waals surface area contributed by atoms with E-state index in [2.05, 4.69) is 50.9 Å². The molecule has 42 heavy (non-hydrogen) atoms. The van der Waals surface area contributed by atoms with E-state index in [-0.39, 0.29) is 5.41 Å². The van der Waals surface area contributed by atoms with Gasteiger partial charge in [-0.2, -0.15) is 0 Å². The zero-order valence-electron chi connectivity index (χ0n) is 23.6. The number of ether oxygens (including phenoxy) is 1. The molecule has 0 spiro atoms. The Kier molecular flexibility index (Phi) is 5.72. The molecular formula is C34H31N7O. The highest BCUT2D eigenvalue weighted by Gasteiger charge is 2.56. The van der Waals surface area contributed by atoms with Crippen molar-refractivity contribution in [3.8, 4) is 11.5 Å². The molecule has 1 saturated carbocycles. The van der Waals surface area contributed by atoms with Crippen LogP contribution in [-0.2, 0) is 10.2 Å². The summed E-state index contributed by atoms with van der Waals surface area (Å²) in [6.45, 7) is 5.74. The molecule has 2 unspecified atom stereocenters. The SMILES string of the molecule is Cc1cc(Nc2ccc3nc(-c4ccc(Nc5cc(C)nc6ccc(C78CCOCC7C8)cc56)cn4)[nH]c3c2)ccn1. The van der Waals surface area contributed by atoms with Crippen molar-refractivity contribution in [1.29, 1.82) is 0 Å². The van der Waals surface area contributed by atoms with Gasteiger partial charge >= 0.3 is 0 Å². The number of rotatable bonds is 6. The maximum Gasteiger partial charge on any atom is 0.157 e. The van der Waals surface area contributed by atoms with Crippen LogP contribution in [0.4, 0.5) is 22.7 Å². The molecule has 8 nitrogen and oxygen atoms in total. The molecule has 8 rings (SSSR count). The first kappa shape index (κ1) is 24.9. The predicted molar refractivity (Wildman–Crippen MR) is 167 cm³/mol. The van der Waals surface area contributed by atoms with Gasteiger partial charge in [0, 0.05) is 52.1 Å². The zero-order valence-corrected chi connectivity index (χ0v) is 23.6. The number of nitrogens with one attached hydrogen (secondary N) is 3. The molecule has 2 aliphatic rings. The maximum absolute atomic E-state index is 5.72. The first-order valence-electron chi connectivity index (χ1n) is 14.4. The molecule has 4 aromatic heterocycles. The Labute approximate surface area is 243 Å². The van der Waals surface area contributed by atoms with Gasteiger partial charge in [-0.05, 0) is 98.8 Å². The van der Waals surface area contributed by atoms with Crippen LogP contribution in [-0.4, -0.2) is 38.1 Å². The summed E-state index contributed by atoms with van der Waals surface area (Å²) in [5.74, 6) is 1.38. The number of hydrogen-bond acceptors (Lipinski definition) is 7. The summed E-state index contributed by atoms with van der Waals surface area (Å²) in [5.41, 5.74) is 11.2. The van der Waals surface area contributed by atoms with Crippen LogP contribution in [0.3, 0.4) is 0 Å². The van der Waals surface area contributed by atoms with Gasteiger partial charge in [-0.25, -0.2) is 4.98 Å². The van der Waals surface area contributed by atoms with E-state index in [1.807, 2.05) is 56.4 Å². The lowest BCUT2D eigenvalue weighted by Gasteiger charge is -2.23. The summed E-state index contributed by atoms with van der Waals surface area (Å²) in [7, 11) is 0. The van der Waals surface area contributed by atoms with E-state index in [0.29, 0.717) is 5.92 Å². The molecule has 5 heterocycles. The van der Waals surface area contributed by atoms with Crippen molar-refractivity contribution in [3.63, 3.8) is 0 Å². The number of aromatic nitrogens is 5. The van der Waals surface area contributed by atoms with Crippen LogP contribution in [0.2, 0.25) is 0 Å². The number of hydrogen-bond donors (Lipinski definition) is 3. The van der Waals surface area contributed by atoms with Gasteiger partial charge in [0.2, 0.25) is 0 Å². The summed E-state index contributed by atoms with van der Waals surface area (Å²) in [6, 6.07) is 23.0. The van der Waals surface area contributed by atoms with E-state index in [1.54, 1.807) is 6.20 Å². The normalized spacial score (nSPS) is 19.5. The maximum atomic E-state index is 5.72. The second-order valence-electron chi connectivity index (χ2n) is 11.6. The van der Waals surface area contributed by atoms with Crippen molar-refractivity contribution in [2.24, 2.45) is 5.92 Å². The number of imidazole rings is 1. The van der Waals surface area contributed by atoms with Gasteiger partial charge in [-0.1, -0.05) is 6.07 Å². The van der Waals surface area contributed by atoms with Crippen LogP contribution in [0.15, 0.2) is 79.1 Å². The standard InChI is InChI=1S/C34H31N7O/c1-20-13-25(9-11-35-20)38-24-4-7-29-32(16-24)41-33(40-29)30-8-5-26(18-36-30)39-31-14-21(2)37-28-6-3-22(15-27(28)31)34-10-12-42-19-23(34)17-34/h3-9,11,13-16,18,23H,10,12,17,19H2,1-2H3,(H,35,38)(H,37,39)(H,40,41). The lowest BCUT2D eigenvalue weighted by Crippen LogP contribution is -2.21. The van der Waals surface area contributed by atoms with E-state index in [9.17, 15) is 0 Å². The third kappa shape index (κ3) is 4.44. The molecule has 1 aliphatic carbocycles. The quantitative estimate of drug-likeness (QED) is 0.198. The van der Waals surface area contributed by atoms with Crippen molar-refractivity contribution >= 4 is 44.7 Å². The molecule has 3 N–H and O–H groups in total. The highest BCUT2D eigenvalue weighted by Crippen LogP contribution is 2.59. The minimum atomic E-state index is 0.277. The minimum absolute atomic E-state index is 0.277. The van der Waals surface area contributed by atoms with Gasteiger partial charge < -0.3 is 20.4 Å². The molecule has 2 fully saturated rings. The fourth-order valence-corrected chi connectivity index (χ4v) is 6.42. The molecule has 0 bridgehead atoms. The van der Waals surface area contributed by atoms with Crippen molar-refractivity contribution in [2.75, 3.05) is 23.8 Å². The molecule has 8 heteroatoms. The van der Waals surface area contributed by atoms with Gasteiger partial charge in [-0.3, -0.25) is 15.0 Å². The Morgan fingerprint density at radius 1 is 0.833 bits per heavy atom. The summed E-state index contributed by atoms with van der Waals surface area (Å²) >= 11 is 0. The van der Waals surface area contributed by atoms with Crippen LogP contribution in [0.1, 0.15) is 29.8 Å². The molecule has 2 aromatic carbocycles. The molecule has 1 saturated heterocycles. The molecule has 208 valence electrons. The van der Waals surface area contributed by atoms with Crippen LogP contribution in [0.25, 0.3) is 33.5 Å². The van der Waals surface area contributed by atoms with Crippen molar-refractivity contribution in [3.05, 3.63) is 96.1 Å². The summed E-state index contributed by atoms with van der Waals surface area (Å²) in [5, 5.41) is 8.19. The smallest absolute Gasteiger partial charge is 0.157 e. The molecule has 0 radical (unpaired) electrons. The van der Waals surface area contributed by atoms with Gasteiger partial charge in [-0.15, -0.1) is 0 Å². The molecule has 1 aliphatic heterocycles. The molecule has 6 aromatic rings. The first-order chi connectivity index (χ1) is 20.5. The Hall–Kier alpha value is -4.82. The van der Waals surface area contributed by atoms with E-state index in [0.717, 1.165) is 87.2 Å². The van der Waals surface area contributed by atoms with E-state index >= 15 is 0 Å². The third-order valence-corrected chi connectivity index (χ3v) is 8.71. The van der Waals surface area contributed by atoms with Crippen molar-refractivity contribution in [2.45, 2.75) is 32.1 Å². The number of nitrogens with zero attached hydrogens (tertiary/aromatic N) is 4. The van der Waals surface area contributed by atoms with Gasteiger partial charge in [0.15, 0.2) is 5.82 Å². The van der Waals surface area contributed by atoms with E-state index < -0.39 is 0 Å². The molecule has 2 atom stereocenters. The number of fused-ring (bicyclic) bond motifs is 3. The average Bonchev–Trinajstić information content (AvgIpc) is 3.61. The number of aromatic amines is 1. The fourth-order valence-electron chi connectivity index (χ4n) is 6.42. The van der Waals surface area contributed by atoms with Gasteiger partial charge in [0.1, 0.15) is 5.69 Å². The largest absolute Gasteiger partial charge is 0.381 e. The summed E-state index contributed by atoms with van der Waals surface area (Å²) in [4.78, 5) is 22.0. The lowest BCUT2D eigenvalue weighted by molar-refractivity contribution is 0.0803. The number of anilines is 4. The van der Waals surface area contributed by atoms with Crippen LogP contribution >= 0.6 is 0 Å². The number of benzene rings is 2. The number of aryl methyl sites for hydroxylation is 2. The van der Waals surface area contributed by atoms with Gasteiger partial charge in [0.25, 0.3) is 0 Å². The third-order valence-electron chi connectivity index (χ3n) is 8.71. The van der Waals surface area contributed by atoms with Crippen molar-refractivity contribution < 1.29 is 4.74 Å². The van der Waals surface area contributed by atoms with Gasteiger partial charge in [0.05, 0.1) is 35.0 Å². The Bertz CT molecular complexity index is 1970. The Balaban J connectivity index is 1.05. The average molecular weight is 554 g/mol. The predicted octanol–water partition coefficient (Wildman–Crippen LogP) is 7.35. The zero-order chi connectivity index (χ0) is 28.3. The fraction of sp³-hybridized carbons (Fsp3) is 0.235. The number of pyridine rings is 3. The van der Waals surface area contributed by atoms with Crippen LogP contribution in [0, 0.1) is 19.8 Å².